The normalized spacial score (nSPS) is 13.4. The molecule has 0 bridgehead atoms. The minimum Gasteiger partial charge on any atom is -0.384 e. The van der Waals surface area contributed by atoms with Crippen molar-refractivity contribution in [2.75, 3.05) is 11.9 Å². The summed E-state index contributed by atoms with van der Waals surface area (Å²) in [6, 6.07) is 7.74. The van der Waals surface area contributed by atoms with Gasteiger partial charge in [-0.25, -0.2) is 8.78 Å². The fourth-order valence-electron chi connectivity index (χ4n) is 2.09. The standard InChI is InChI=1S/C15H13ClF2N2O3/c1-15(21,10-4-2-3-5-11(10)16)8-19-14-12(17)6-9(20(22)23)7-13(14)18/h2-7,19,21H,8H2,1H3. The summed E-state index contributed by atoms with van der Waals surface area (Å²) in [7, 11) is 0. The van der Waals surface area contributed by atoms with E-state index < -0.39 is 33.5 Å². The molecule has 122 valence electrons. The predicted octanol–water partition coefficient (Wildman–Crippen LogP) is 3.85. The SMILES string of the molecule is CC(O)(CNc1c(F)cc([N+](=O)[O-])cc1F)c1ccccc1Cl. The fourth-order valence-corrected chi connectivity index (χ4v) is 2.43. The Balaban J connectivity index is 2.24. The number of nitro groups is 1. The van der Waals surface area contributed by atoms with E-state index >= 15 is 0 Å². The smallest absolute Gasteiger partial charge is 0.275 e. The Bertz CT molecular complexity index is 730. The summed E-state index contributed by atoms with van der Waals surface area (Å²) in [5, 5.41) is 23.7. The average molecular weight is 343 g/mol. The monoisotopic (exact) mass is 342 g/mol. The molecule has 1 unspecified atom stereocenters. The molecule has 0 aromatic heterocycles. The molecule has 0 aliphatic rings. The highest BCUT2D eigenvalue weighted by Crippen LogP contribution is 2.30. The highest BCUT2D eigenvalue weighted by atomic mass is 35.5. The van der Waals surface area contributed by atoms with Crippen LogP contribution in [0.25, 0.3) is 0 Å². The fraction of sp³-hybridized carbons (Fsp3) is 0.200. The molecule has 0 radical (unpaired) electrons. The Hall–Kier alpha value is -2.25. The molecule has 0 amide bonds. The zero-order valence-electron chi connectivity index (χ0n) is 12.0. The molecule has 0 saturated carbocycles. The van der Waals surface area contributed by atoms with Gasteiger partial charge in [0.25, 0.3) is 5.69 Å². The van der Waals surface area contributed by atoms with Gasteiger partial charge in [-0.1, -0.05) is 29.8 Å². The van der Waals surface area contributed by atoms with Gasteiger partial charge < -0.3 is 10.4 Å². The highest BCUT2D eigenvalue weighted by molar-refractivity contribution is 6.31. The zero-order chi connectivity index (χ0) is 17.2. The Morgan fingerprint density at radius 2 is 1.87 bits per heavy atom. The summed E-state index contributed by atoms with van der Waals surface area (Å²) >= 11 is 6.00. The maximum absolute atomic E-state index is 13.8. The van der Waals surface area contributed by atoms with Crippen molar-refractivity contribution in [3.8, 4) is 0 Å². The summed E-state index contributed by atoms with van der Waals surface area (Å²) in [4.78, 5) is 9.66. The third kappa shape index (κ3) is 3.75. The number of anilines is 1. The van der Waals surface area contributed by atoms with Crippen LogP contribution in [0.5, 0.6) is 0 Å². The molecule has 23 heavy (non-hydrogen) atoms. The lowest BCUT2D eigenvalue weighted by Gasteiger charge is -2.26. The van der Waals surface area contributed by atoms with Gasteiger partial charge in [0.1, 0.15) is 11.3 Å². The Labute approximate surface area is 135 Å². The quantitative estimate of drug-likeness (QED) is 0.639. The van der Waals surface area contributed by atoms with Crippen molar-refractivity contribution in [3.63, 3.8) is 0 Å². The van der Waals surface area contributed by atoms with Crippen LogP contribution in [-0.2, 0) is 5.60 Å². The molecule has 5 nitrogen and oxygen atoms in total. The first-order chi connectivity index (χ1) is 10.7. The maximum atomic E-state index is 13.8. The molecule has 2 rings (SSSR count). The van der Waals surface area contributed by atoms with Gasteiger partial charge in [-0.05, 0) is 13.0 Å². The summed E-state index contributed by atoms with van der Waals surface area (Å²) in [6.45, 7) is 1.19. The van der Waals surface area contributed by atoms with Gasteiger partial charge in [0.05, 0.1) is 17.1 Å². The number of aliphatic hydroxyl groups is 1. The van der Waals surface area contributed by atoms with E-state index in [1.807, 2.05) is 0 Å². The zero-order valence-corrected chi connectivity index (χ0v) is 12.8. The first kappa shape index (κ1) is 17.1. The van der Waals surface area contributed by atoms with Gasteiger partial charge >= 0.3 is 0 Å². The van der Waals surface area contributed by atoms with Gasteiger partial charge in [0.15, 0.2) is 11.6 Å². The van der Waals surface area contributed by atoms with Crippen LogP contribution in [0.3, 0.4) is 0 Å². The van der Waals surface area contributed by atoms with Crippen molar-refractivity contribution in [3.05, 3.63) is 68.7 Å². The van der Waals surface area contributed by atoms with Gasteiger partial charge in [0, 0.05) is 17.1 Å². The molecule has 0 heterocycles. The minimum absolute atomic E-state index is 0.248. The van der Waals surface area contributed by atoms with Crippen LogP contribution >= 0.6 is 11.6 Å². The van der Waals surface area contributed by atoms with Crippen LogP contribution in [0.2, 0.25) is 5.02 Å². The Morgan fingerprint density at radius 3 is 2.39 bits per heavy atom. The van der Waals surface area contributed by atoms with Crippen molar-refractivity contribution in [1.29, 1.82) is 0 Å². The first-order valence-electron chi connectivity index (χ1n) is 6.57. The third-order valence-electron chi connectivity index (χ3n) is 3.30. The van der Waals surface area contributed by atoms with Gasteiger partial charge in [-0.3, -0.25) is 10.1 Å². The number of nitrogens with zero attached hydrogens (tertiary/aromatic N) is 1. The van der Waals surface area contributed by atoms with E-state index in [0.29, 0.717) is 22.7 Å². The molecule has 2 aromatic rings. The molecule has 0 fully saturated rings. The second-order valence-corrected chi connectivity index (χ2v) is 5.56. The molecule has 0 aliphatic carbocycles. The number of nitrogens with one attached hydrogen (secondary N) is 1. The second kappa shape index (κ2) is 6.47. The van der Waals surface area contributed by atoms with Crippen LogP contribution in [0.4, 0.5) is 20.2 Å². The minimum atomic E-state index is -1.50. The third-order valence-corrected chi connectivity index (χ3v) is 3.63. The lowest BCUT2D eigenvalue weighted by molar-refractivity contribution is -0.385. The van der Waals surface area contributed by atoms with Crippen molar-refractivity contribution >= 4 is 23.0 Å². The summed E-state index contributed by atoms with van der Waals surface area (Å²) in [6.07, 6.45) is 0. The predicted molar refractivity (Wildman–Crippen MR) is 82.5 cm³/mol. The van der Waals surface area contributed by atoms with Gasteiger partial charge in [-0.2, -0.15) is 0 Å². The number of benzene rings is 2. The van der Waals surface area contributed by atoms with Crippen LogP contribution in [-0.4, -0.2) is 16.6 Å². The lowest BCUT2D eigenvalue weighted by Crippen LogP contribution is -2.31. The number of hydrogen-bond donors (Lipinski definition) is 2. The topological polar surface area (TPSA) is 75.4 Å². The molecule has 1 atom stereocenters. The maximum Gasteiger partial charge on any atom is 0.275 e. The number of non-ortho nitro benzene ring substituents is 1. The number of hydrogen-bond acceptors (Lipinski definition) is 4. The molecule has 0 saturated heterocycles. The molecule has 0 spiro atoms. The molecular formula is C15H13ClF2N2O3. The van der Waals surface area contributed by atoms with E-state index in [0.717, 1.165) is 0 Å². The molecule has 2 aromatic carbocycles. The van der Waals surface area contributed by atoms with Crippen LogP contribution in [0, 0.1) is 21.7 Å². The van der Waals surface area contributed by atoms with E-state index in [1.165, 1.54) is 6.92 Å². The number of nitro benzene ring substituents is 1. The first-order valence-corrected chi connectivity index (χ1v) is 6.95. The van der Waals surface area contributed by atoms with Crippen molar-refractivity contribution < 1.29 is 18.8 Å². The van der Waals surface area contributed by atoms with Gasteiger partial charge in [-0.15, -0.1) is 0 Å². The van der Waals surface area contributed by atoms with Crippen molar-refractivity contribution in [1.82, 2.24) is 0 Å². The van der Waals surface area contributed by atoms with Gasteiger partial charge in [0.2, 0.25) is 0 Å². The highest BCUT2D eigenvalue weighted by Gasteiger charge is 2.27. The largest absolute Gasteiger partial charge is 0.384 e. The van der Waals surface area contributed by atoms with Crippen molar-refractivity contribution in [2.24, 2.45) is 0 Å². The molecule has 8 heteroatoms. The van der Waals surface area contributed by atoms with E-state index in [9.17, 15) is 24.0 Å². The summed E-state index contributed by atoms with van der Waals surface area (Å²) < 4.78 is 27.6. The van der Waals surface area contributed by atoms with Crippen molar-refractivity contribution in [2.45, 2.75) is 12.5 Å². The summed E-state index contributed by atoms with van der Waals surface area (Å²) in [5.41, 5.74) is -2.36. The Morgan fingerprint density at radius 1 is 1.30 bits per heavy atom. The van der Waals surface area contributed by atoms with E-state index in [-0.39, 0.29) is 6.54 Å². The van der Waals surface area contributed by atoms with Crippen LogP contribution < -0.4 is 5.32 Å². The molecular weight excluding hydrogens is 330 g/mol. The Kier molecular flexibility index (Phi) is 4.82. The molecule has 2 N–H and O–H groups in total. The van der Waals surface area contributed by atoms with Crippen LogP contribution in [0.1, 0.15) is 12.5 Å². The summed E-state index contributed by atoms with van der Waals surface area (Å²) in [5.74, 6) is -2.24. The lowest BCUT2D eigenvalue weighted by atomic mass is 9.96. The molecule has 0 aliphatic heterocycles. The van der Waals surface area contributed by atoms with E-state index in [1.54, 1.807) is 24.3 Å². The number of halogens is 3. The van der Waals surface area contributed by atoms with E-state index in [4.69, 9.17) is 11.6 Å². The number of rotatable bonds is 5. The van der Waals surface area contributed by atoms with Crippen LogP contribution in [0.15, 0.2) is 36.4 Å². The van der Waals surface area contributed by atoms with E-state index in [2.05, 4.69) is 5.32 Å². The average Bonchev–Trinajstić information content (AvgIpc) is 2.46. The second-order valence-electron chi connectivity index (χ2n) is 5.15.